The van der Waals surface area contributed by atoms with Crippen molar-refractivity contribution >= 4 is 5.69 Å². The van der Waals surface area contributed by atoms with Gasteiger partial charge in [0.1, 0.15) is 5.82 Å². The van der Waals surface area contributed by atoms with Crippen molar-refractivity contribution in [2.24, 2.45) is 0 Å². The molecular formula is C16H18FN. The van der Waals surface area contributed by atoms with Crippen molar-refractivity contribution in [1.29, 1.82) is 0 Å². The van der Waals surface area contributed by atoms with Crippen molar-refractivity contribution in [3.05, 3.63) is 65.0 Å². The highest BCUT2D eigenvalue weighted by Crippen LogP contribution is 2.23. The standard InChI is InChI=1S/C16H18FN/c1-11-4-7-14(8-5-11)13(3)18-16-10-15(17)9-6-12(16)2/h4-10,13,18H,1-3H3. The van der Waals surface area contributed by atoms with Crippen LogP contribution >= 0.6 is 0 Å². The number of rotatable bonds is 3. The van der Waals surface area contributed by atoms with Crippen LogP contribution in [0.15, 0.2) is 42.5 Å². The molecule has 2 aromatic rings. The summed E-state index contributed by atoms with van der Waals surface area (Å²) < 4.78 is 13.2. The Bertz CT molecular complexity index is 531. The number of halogens is 1. The number of aryl methyl sites for hydroxylation is 2. The molecule has 0 heterocycles. The Balaban J connectivity index is 2.18. The van der Waals surface area contributed by atoms with E-state index in [9.17, 15) is 4.39 Å². The van der Waals surface area contributed by atoms with Gasteiger partial charge in [-0.15, -0.1) is 0 Å². The molecule has 1 N–H and O–H groups in total. The zero-order valence-corrected chi connectivity index (χ0v) is 11.0. The third-order valence-electron chi connectivity index (χ3n) is 3.15. The lowest BCUT2D eigenvalue weighted by Gasteiger charge is -2.17. The van der Waals surface area contributed by atoms with Gasteiger partial charge in [-0.05, 0) is 44.0 Å². The van der Waals surface area contributed by atoms with E-state index >= 15 is 0 Å². The third-order valence-corrected chi connectivity index (χ3v) is 3.15. The molecule has 2 heteroatoms. The van der Waals surface area contributed by atoms with E-state index in [0.29, 0.717) is 0 Å². The maximum absolute atomic E-state index is 13.2. The van der Waals surface area contributed by atoms with Gasteiger partial charge in [0.2, 0.25) is 0 Å². The van der Waals surface area contributed by atoms with Gasteiger partial charge in [0.05, 0.1) is 0 Å². The van der Waals surface area contributed by atoms with Crippen LogP contribution in [0.1, 0.15) is 29.7 Å². The van der Waals surface area contributed by atoms with Crippen molar-refractivity contribution < 1.29 is 4.39 Å². The first-order chi connectivity index (χ1) is 8.56. The summed E-state index contributed by atoms with van der Waals surface area (Å²) in [4.78, 5) is 0. The van der Waals surface area contributed by atoms with Gasteiger partial charge in [-0.25, -0.2) is 4.39 Å². The van der Waals surface area contributed by atoms with Crippen molar-refractivity contribution in [2.75, 3.05) is 5.32 Å². The molecule has 1 unspecified atom stereocenters. The molecule has 0 aromatic heterocycles. The van der Waals surface area contributed by atoms with Crippen molar-refractivity contribution in [3.63, 3.8) is 0 Å². The second kappa shape index (κ2) is 5.21. The molecule has 1 atom stereocenters. The van der Waals surface area contributed by atoms with Gasteiger partial charge in [-0.2, -0.15) is 0 Å². The van der Waals surface area contributed by atoms with E-state index in [0.717, 1.165) is 11.3 Å². The Kier molecular flexibility index (Phi) is 3.66. The summed E-state index contributed by atoms with van der Waals surface area (Å²) in [5.74, 6) is -0.209. The van der Waals surface area contributed by atoms with Crippen LogP contribution in [0.5, 0.6) is 0 Å². The quantitative estimate of drug-likeness (QED) is 0.829. The van der Waals surface area contributed by atoms with Gasteiger partial charge in [0.15, 0.2) is 0 Å². The van der Waals surface area contributed by atoms with Crippen LogP contribution in [0.25, 0.3) is 0 Å². The van der Waals surface area contributed by atoms with E-state index in [4.69, 9.17) is 0 Å². The van der Waals surface area contributed by atoms with Crippen LogP contribution in [0.3, 0.4) is 0 Å². The minimum absolute atomic E-state index is 0.158. The maximum atomic E-state index is 13.2. The first-order valence-electron chi connectivity index (χ1n) is 6.15. The van der Waals surface area contributed by atoms with Crippen LogP contribution in [0, 0.1) is 19.7 Å². The van der Waals surface area contributed by atoms with Gasteiger partial charge in [0.25, 0.3) is 0 Å². The molecular weight excluding hydrogens is 225 g/mol. The number of nitrogens with one attached hydrogen (secondary N) is 1. The lowest BCUT2D eigenvalue weighted by Crippen LogP contribution is -2.07. The normalized spacial score (nSPS) is 12.2. The summed E-state index contributed by atoms with van der Waals surface area (Å²) in [6, 6.07) is 13.4. The summed E-state index contributed by atoms with van der Waals surface area (Å²) in [6.45, 7) is 6.12. The second-order valence-corrected chi connectivity index (χ2v) is 4.74. The molecule has 0 saturated carbocycles. The van der Waals surface area contributed by atoms with E-state index in [-0.39, 0.29) is 11.9 Å². The highest BCUT2D eigenvalue weighted by Gasteiger charge is 2.07. The molecule has 0 radical (unpaired) electrons. The summed E-state index contributed by atoms with van der Waals surface area (Å²) in [7, 11) is 0. The largest absolute Gasteiger partial charge is 0.378 e. The highest BCUT2D eigenvalue weighted by molar-refractivity contribution is 5.52. The molecule has 0 saturated heterocycles. The van der Waals surface area contributed by atoms with E-state index in [1.54, 1.807) is 12.1 Å². The van der Waals surface area contributed by atoms with E-state index < -0.39 is 0 Å². The van der Waals surface area contributed by atoms with Gasteiger partial charge in [0, 0.05) is 11.7 Å². The first-order valence-corrected chi connectivity index (χ1v) is 6.15. The monoisotopic (exact) mass is 243 g/mol. The Morgan fingerprint density at radius 1 is 1.00 bits per heavy atom. The van der Waals surface area contributed by atoms with Gasteiger partial charge >= 0.3 is 0 Å². The lowest BCUT2D eigenvalue weighted by atomic mass is 10.1. The van der Waals surface area contributed by atoms with Gasteiger partial charge < -0.3 is 5.32 Å². The molecule has 0 spiro atoms. The predicted molar refractivity (Wildman–Crippen MR) is 74.4 cm³/mol. The molecule has 0 bridgehead atoms. The lowest BCUT2D eigenvalue weighted by molar-refractivity contribution is 0.627. The summed E-state index contributed by atoms with van der Waals surface area (Å²) in [5, 5.41) is 3.35. The average molecular weight is 243 g/mol. The molecule has 2 aromatic carbocycles. The minimum Gasteiger partial charge on any atom is -0.378 e. The molecule has 18 heavy (non-hydrogen) atoms. The fraction of sp³-hybridized carbons (Fsp3) is 0.250. The number of hydrogen-bond acceptors (Lipinski definition) is 1. The summed E-state index contributed by atoms with van der Waals surface area (Å²) in [5.41, 5.74) is 4.34. The molecule has 0 amide bonds. The summed E-state index contributed by atoms with van der Waals surface area (Å²) in [6.07, 6.45) is 0. The molecule has 94 valence electrons. The highest BCUT2D eigenvalue weighted by atomic mass is 19.1. The number of benzene rings is 2. The molecule has 2 rings (SSSR count). The van der Waals surface area contributed by atoms with Crippen molar-refractivity contribution in [2.45, 2.75) is 26.8 Å². The zero-order chi connectivity index (χ0) is 13.1. The van der Waals surface area contributed by atoms with Crippen molar-refractivity contribution in [1.82, 2.24) is 0 Å². The van der Waals surface area contributed by atoms with Crippen LogP contribution in [-0.2, 0) is 0 Å². The smallest absolute Gasteiger partial charge is 0.125 e. The fourth-order valence-electron chi connectivity index (χ4n) is 1.92. The second-order valence-electron chi connectivity index (χ2n) is 4.74. The zero-order valence-electron chi connectivity index (χ0n) is 11.0. The van der Waals surface area contributed by atoms with Crippen LogP contribution in [0.4, 0.5) is 10.1 Å². The fourth-order valence-corrected chi connectivity index (χ4v) is 1.92. The topological polar surface area (TPSA) is 12.0 Å². The summed E-state index contributed by atoms with van der Waals surface area (Å²) >= 11 is 0. The predicted octanol–water partition coefficient (Wildman–Crippen LogP) is 4.62. The van der Waals surface area contributed by atoms with Crippen molar-refractivity contribution in [3.8, 4) is 0 Å². The maximum Gasteiger partial charge on any atom is 0.125 e. The SMILES string of the molecule is Cc1ccc(C(C)Nc2cc(F)ccc2C)cc1. The van der Waals surface area contributed by atoms with Gasteiger partial charge in [-0.1, -0.05) is 35.9 Å². The minimum atomic E-state index is -0.209. The Morgan fingerprint density at radius 2 is 1.67 bits per heavy atom. The molecule has 0 aliphatic rings. The molecule has 1 nitrogen and oxygen atoms in total. The Labute approximate surface area is 108 Å². The molecule has 0 fully saturated rings. The van der Waals surface area contributed by atoms with Crippen LogP contribution < -0.4 is 5.32 Å². The third kappa shape index (κ3) is 2.89. The number of anilines is 1. The van der Waals surface area contributed by atoms with E-state index in [1.165, 1.54) is 17.2 Å². The Morgan fingerprint density at radius 3 is 2.33 bits per heavy atom. The van der Waals surface area contributed by atoms with Crippen LogP contribution in [0.2, 0.25) is 0 Å². The van der Waals surface area contributed by atoms with Gasteiger partial charge in [-0.3, -0.25) is 0 Å². The Hall–Kier alpha value is -1.83. The average Bonchev–Trinajstić information content (AvgIpc) is 2.34. The van der Waals surface area contributed by atoms with E-state index in [2.05, 4.69) is 43.4 Å². The van der Waals surface area contributed by atoms with E-state index in [1.807, 2.05) is 6.92 Å². The molecule has 0 aliphatic heterocycles. The molecule has 0 aliphatic carbocycles. The number of hydrogen-bond donors (Lipinski definition) is 1. The van der Waals surface area contributed by atoms with Crippen LogP contribution in [-0.4, -0.2) is 0 Å². The first kappa shape index (κ1) is 12.6.